The summed E-state index contributed by atoms with van der Waals surface area (Å²) < 4.78 is 36.4. The average Bonchev–Trinajstić information content (AvgIpc) is 2.63. The zero-order chi connectivity index (χ0) is 20.0. The van der Waals surface area contributed by atoms with Gasteiger partial charge in [-0.05, 0) is 19.1 Å². The Morgan fingerprint density at radius 1 is 1.26 bits per heavy atom. The van der Waals surface area contributed by atoms with Crippen LogP contribution in [0.4, 0.5) is 10.7 Å². The summed E-state index contributed by atoms with van der Waals surface area (Å²) in [5.74, 6) is -1.07. The van der Waals surface area contributed by atoms with Gasteiger partial charge in [-0.15, -0.1) is 0 Å². The highest BCUT2D eigenvalue weighted by Gasteiger charge is 2.25. The Hall–Kier alpha value is -2.92. The van der Waals surface area contributed by atoms with E-state index in [4.69, 9.17) is 21.1 Å². The first kappa shape index (κ1) is 20.4. The fourth-order valence-electron chi connectivity index (χ4n) is 1.94. The van der Waals surface area contributed by atoms with Crippen LogP contribution >= 0.6 is 11.6 Å². The van der Waals surface area contributed by atoms with Gasteiger partial charge in [0.25, 0.3) is 10.0 Å². The maximum Gasteiger partial charge on any atom is 0.339 e. The number of carbonyl (C=O) groups excluding carboxylic acids is 2. The number of amides is 2. The standard InChI is InChI=1S/C15H15ClN4O6S/c1-3-26-13(21)9-6-4-5-7-11(9)27(23,24)20-15(22)19-14-17-8-10(16)12(18-14)25-2/h4-8H,3H2,1-2H3,(H2,17,18,19,20,22). The van der Waals surface area contributed by atoms with Crippen LogP contribution in [0.3, 0.4) is 0 Å². The largest absolute Gasteiger partial charge is 0.480 e. The van der Waals surface area contributed by atoms with Crippen molar-refractivity contribution in [3.05, 3.63) is 41.0 Å². The Balaban J connectivity index is 2.21. The molecule has 0 radical (unpaired) electrons. The number of aromatic nitrogens is 2. The second kappa shape index (κ2) is 8.64. The van der Waals surface area contributed by atoms with Gasteiger partial charge in [0.05, 0.1) is 25.5 Å². The molecule has 0 aliphatic heterocycles. The molecule has 0 atom stereocenters. The number of anilines is 1. The molecule has 27 heavy (non-hydrogen) atoms. The zero-order valence-electron chi connectivity index (χ0n) is 14.2. The molecule has 2 amide bonds. The van der Waals surface area contributed by atoms with E-state index in [0.717, 1.165) is 0 Å². The minimum absolute atomic E-state index is 0.00233. The second-order valence-electron chi connectivity index (χ2n) is 4.83. The van der Waals surface area contributed by atoms with E-state index in [2.05, 4.69) is 15.3 Å². The zero-order valence-corrected chi connectivity index (χ0v) is 15.8. The van der Waals surface area contributed by atoms with E-state index in [1.54, 1.807) is 11.6 Å². The highest BCUT2D eigenvalue weighted by Crippen LogP contribution is 2.21. The Kier molecular flexibility index (Phi) is 6.53. The summed E-state index contributed by atoms with van der Waals surface area (Å²) in [6.45, 7) is 1.65. The first-order valence-electron chi connectivity index (χ1n) is 7.45. The van der Waals surface area contributed by atoms with E-state index in [1.807, 2.05) is 0 Å². The van der Waals surface area contributed by atoms with E-state index < -0.39 is 26.9 Å². The van der Waals surface area contributed by atoms with Gasteiger partial charge in [-0.25, -0.2) is 27.7 Å². The van der Waals surface area contributed by atoms with Crippen LogP contribution in [0.5, 0.6) is 5.88 Å². The molecular formula is C15H15ClN4O6S. The molecule has 144 valence electrons. The molecule has 0 saturated carbocycles. The molecule has 1 aromatic carbocycles. The molecule has 0 spiro atoms. The minimum atomic E-state index is -4.37. The Morgan fingerprint density at radius 3 is 2.63 bits per heavy atom. The highest BCUT2D eigenvalue weighted by atomic mass is 35.5. The number of urea groups is 1. The molecule has 1 heterocycles. The number of nitrogens with zero attached hydrogens (tertiary/aromatic N) is 2. The summed E-state index contributed by atoms with van der Waals surface area (Å²) in [7, 11) is -3.06. The summed E-state index contributed by atoms with van der Waals surface area (Å²) >= 11 is 5.77. The van der Waals surface area contributed by atoms with E-state index in [-0.39, 0.29) is 29.0 Å². The summed E-state index contributed by atoms with van der Waals surface area (Å²) in [5.41, 5.74) is -0.205. The summed E-state index contributed by atoms with van der Waals surface area (Å²) in [5, 5.41) is 2.25. The molecule has 10 nitrogen and oxygen atoms in total. The van der Waals surface area contributed by atoms with Crippen LogP contribution in [-0.4, -0.2) is 44.1 Å². The Morgan fingerprint density at radius 2 is 1.96 bits per heavy atom. The molecule has 0 aliphatic carbocycles. The molecule has 12 heteroatoms. The van der Waals surface area contributed by atoms with E-state index in [0.29, 0.717) is 0 Å². The topological polar surface area (TPSA) is 137 Å². The quantitative estimate of drug-likeness (QED) is 0.683. The van der Waals surface area contributed by atoms with Crippen molar-refractivity contribution in [1.29, 1.82) is 0 Å². The number of halogens is 1. The molecule has 0 unspecified atom stereocenters. The second-order valence-corrected chi connectivity index (χ2v) is 6.89. The lowest BCUT2D eigenvalue weighted by atomic mass is 10.2. The van der Waals surface area contributed by atoms with Crippen LogP contribution in [-0.2, 0) is 14.8 Å². The van der Waals surface area contributed by atoms with Gasteiger partial charge >= 0.3 is 12.0 Å². The van der Waals surface area contributed by atoms with E-state index in [9.17, 15) is 18.0 Å². The maximum absolute atomic E-state index is 12.5. The molecule has 2 aromatic rings. The molecule has 1 aromatic heterocycles. The molecule has 0 aliphatic rings. The number of methoxy groups -OCH3 is 1. The van der Waals surface area contributed by atoms with Crippen molar-refractivity contribution in [2.45, 2.75) is 11.8 Å². The first-order chi connectivity index (χ1) is 12.8. The Bertz CT molecular complexity index is 967. The minimum Gasteiger partial charge on any atom is -0.480 e. The van der Waals surface area contributed by atoms with Crippen molar-refractivity contribution < 1.29 is 27.5 Å². The first-order valence-corrected chi connectivity index (χ1v) is 9.31. The number of hydrogen-bond acceptors (Lipinski definition) is 8. The molecule has 0 bridgehead atoms. The highest BCUT2D eigenvalue weighted by molar-refractivity contribution is 7.90. The number of esters is 1. The number of sulfonamides is 1. The van der Waals surface area contributed by atoms with Crippen LogP contribution in [0.1, 0.15) is 17.3 Å². The van der Waals surface area contributed by atoms with Gasteiger partial charge in [0.15, 0.2) is 0 Å². The van der Waals surface area contributed by atoms with Gasteiger partial charge in [-0.2, -0.15) is 4.98 Å². The van der Waals surface area contributed by atoms with Gasteiger partial charge in [0.2, 0.25) is 11.8 Å². The van der Waals surface area contributed by atoms with Crippen LogP contribution < -0.4 is 14.8 Å². The third-order valence-electron chi connectivity index (χ3n) is 3.03. The average molecular weight is 415 g/mol. The Labute approximate surface area is 159 Å². The van der Waals surface area contributed by atoms with Crippen LogP contribution in [0.15, 0.2) is 35.4 Å². The monoisotopic (exact) mass is 414 g/mol. The van der Waals surface area contributed by atoms with E-state index >= 15 is 0 Å². The molecule has 2 rings (SSSR count). The van der Waals surface area contributed by atoms with Gasteiger partial charge < -0.3 is 9.47 Å². The van der Waals surface area contributed by atoms with Crippen molar-refractivity contribution in [3.63, 3.8) is 0 Å². The third-order valence-corrected chi connectivity index (χ3v) is 4.68. The summed E-state index contributed by atoms with van der Waals surface area (Å²) in [6.07, 6.45) is 1.17. The number of rotatable bonds is 6. The third kappa shape index (κ3) is 5.05. The fraction of sp³-hybridized carbons (Fsp3) is 0.200. The maximum atomic E-state index is 12.5. The van der Waals surface area contributed by atoms with Gasteiger partial charge in [0, 0.05) is 0 Å². The number of ether oxygens (including phenoxy) is 2. The van der Waals surface area contributed by atoms with Crippen molar-refractivity contribution >= 4 is 39.6 Å². The molecule has 0 saturated heterocycles. The van der Waals surface area contributed by atoms with Crippen molar-refractivity contribution in [3.8, 4) is 5.88 Å². The van der Waals surface area contributed by atoms with Crippen LogP contribution in [0.2, 0.25) is 5.02 Å². The predicted molar refractivity (Wildman–Crippen MR) is 95.3 cm³/mol. The lowest BCUT2D eigenvalue weighted by Gasteiger charge is -2.11. The van der Waals surface area contributed by atoms with Gasteiger partial charge in [-0.3, -0.25) is 5.32 Å². The van der Waals surface area contributed by atoms with E-state index in [1.165, 1.54) is 37.6 Å². The smallest absolute Gasteiger partial charge is 0.339 e. The summed E-state index contributed by atoms with van der Waals surface area (Å²) in [6, 6.07) is 4.18. The number of carbonyl (C=O) groups is 2. The molecular weight excluding hydrogens is 400 g/mol. The number of benzene rings is 1. The SMILES string of the molecule is CCOC(=O)c1ccccc1S(=O)(=O)NC(=O)Nc1ncc(Cl)c(OC)n1. The van der Waals surface area contributed by atoms with Crippen molar-refractivity contribution in [2.75, 3.05) is 19.0 Å². The van der Waals surface area contributed by atoms with Gasteiger partial charge in [-0.1, -0.05) is 23.7 Å². The normalized spacial score (nSPS) is 10.8. The lowest BCUT2D eigenvalue weighted by Crippen LogP contribution is -2.35. The predicted octanol–water partition coefficient (Wildman–Crippen LogP) is 1.83. The molecule has 0 fully saturated rings. The summed E-state index contributed by atoms with van der Waals surface area (Å²) in [4.78, 5) is 31.1. The van der Waals surface area contributed by atoms with Crippen LogP contribution in [0, 0.1) is 0 Å². The fourth-order valence-corrected chi connectivity index (χ4v) is 3.21. The van der Waals surface area contributed by atoms with Gasteiger partial charge in [0.1, 0.15) is 9.92 Å². The lowest BCUT2D eigenvalue weighted by molar-refractivity contribution is 0.0521. The molecule has 2 N–H and O–H groups in total. The van der Waals surface area contributed by atoms with Crippen molar-refractivity contribution in [1.82, 2.24) is 14.7 Å². The number of nitrogens with one attached hydrogen (secondary N) is 2. The van der Waals surface area contributed by atoms with Crippen molar-refractivity contribution in [2.24, 2.45) is 0 Å². The number of hydrogen-bond donors (Lipinski definition) is 2. The van der Waals surface area contributed by atoms with Crippen LogP contribution in [0.25, 0.3) is 0 Å².